The van der Waals surface area contributed by atoms with Crippen molar-refractivity contribution in [3.8, 4) is 0 Å². The first-order chi connectivity index (χ1) is 9.83. The van der Waals surface area contributed by atoms with Crippen molar-refractivity contribution in [3.63, 3.8) is 0 Å². The van der Waals surface area contributed by atoms with Gasteiger partial charge in [-0.2, -0.15) is 0 Å². The van der Waals surface area contributed by atoms with Crippen LogP contribution in [0.3, 0.4) is 0 Å². The van der Waals surface area contributed by atoms with Crippen molar-refractivity contribution in [2.75, 3.05) is 4.72 Å². The molecule has 0 bridgehead atoms. The first-order valence-electron chi connectivity index (χ1n) is 5.70. The number of aliphatic hydroxyl groups is 1. The van der Waals surface area contributed by atoms with Gasteiger partial charge in [0.15, 0.2) is 0 Å². The molecule has 2 rings (SSSR count). The van der Waals surface area contributed by atoms with E-state index >= 15 is 0 Å². The molecule has 0 fully saturated rings. The Bertz CT molecular complexity index is 781. The Labute approximate surface area is 131 Å². The number of anilines is 1. The van der Waals surface area contributed by atoms with Gasteiger partial charge in [0.05, 0.1) is 22.2 Å². The number of benzene rings is 2. The monoisotopic (exact) mass is 349 g/mol. The summed E-state index contributed by atoms with van der Waals surface area (Å²) in [6.45, 7) is -0.297. The Balaban J connectivity index is 2.33. The lowest BCUT2D eigenvalue weighted by Crippen LogP contribution is -2.13. The van der Waals surface area contributed by atoms with Crippen LogP contribution in [0.4, 0.5) is 10.1 Å². The van der Waals surface area contributed by atoms with Crippen molar-refractivity contribution in [2.45, 2.75) is 11.5 Å². The van der Waals surface area contributed by atoms with E-state index in [2.05, 4.69) is 4.72 Å². The maximum Gasteiger partial charge on any atom is 0.261 e. The topological polar surface area (TPSA) is 66.4 Å². The molecule has 0 aliphatic heterocycles. The van der Waals surface area contributed by atoms with Gasteiger partial charge in [0.2, 0.25) is 0 Å². The average Bonchev–Trinajstić information content (AvgIpc) is 2.42. The molecule has 0 radical (unpaired) electrons. The van der Waals surface area contributed by atoms with Gasteiger partial charge in [-0.05, 0) is 35.9 Å². The van der Waals surface area contributed by atoms with Crippen LogP contribution in [-0.2, 0) is 16.6 Å². The summed E-state index contributed by atoms with van der Waals surface area (Å²) < 4.78 is 39.8. The summed E-state index contributed by atoms with van der Waals surface area (Å²) >= 11 is 11.4. The third-order valence-corrected chi connectivity index (χ3v) is 4.71. The number of hydrogen-bond acceptors (Lipinski definition) is 3. The fraction of sp³-hybridized carbons (Fsp3) is 0.0769. The van der Waals surface area contributed by atoms with Crippen LogP contribution in [0, 0.1) is 5.82 Å². The lowest BCUT2D eigenvalue weighted by atomic mass is 10.2. The Hall–Kier alpha value is -1.34. The molecule has 0 spiro atoms. The Morgan fingerprint density at radius 2 is 1.81 bits per heavy atom. The van der Waals surface area contributed by atoms with E-state index in [0.29, 0.717) is 5.56 Å². The molecule has 2 aromatic carbocycles. The van der Waals surface area contributed by atoms with Crippen LogP contribution < -0.4 is 4.72 Å². The molecule has 4 nitrogen and oxygen atoms in total. The van der Waals surface area contributed by atoms with Crippen LogP contribution in [0.1, 0.15) is 5.56 Å². The number of nitrogens with one attached hydrogen (secondary N) is 1. The Morgan fingerprint density at radius 1 is 1.10 bits per heavy atom. The molecule has 0 unspecified atom stereocenters. The van der Waals surface area contributed by atoms with Gasteiger partial charge in [-0.15, -0.1) is 0 Å². The van der Waals surface area contributed by atoms with Gasteiger partial charge in [-0.3, -0.25) is 4.72 Å². The summed E-state index contributed by atoms with van der Waals surface area (Å²) in [5, 5.41) is 9.02. The van der Waals surface area contributed by atoms with Gasteiger partial charge in [0.25, 0.3) is 10.0 Å². The number of halogens is 3. The average molecular weight is 350 g/mol. The molecule has 2 aromatic rings. The molecule has 0 aliphatic rings. The van der Waals surface area contributed by atoms with Crippen molar-refractivity contribution >= 4 is 38.9 Å². The molecule has 2 N–H and O–H groups in total. The van der Waals surface area contributed by atoms with Crippen molar-refractivity contribution < 1.29 is 17.9 Å². The van der Waals surface area contributed by atoms with Crippen LogP contribution in [0.25, 0.3) is 0 Å². The maximum absolute atomic E-state index is 13.3. The molecule has 112 valence electrons. The third kappa shape index (κ3) is 3.65. The second-order valence-corrected chi connectivity index (χ2v) is 6.64. The van der Waals surface area contributed by atoms with E-state index < -0.39 is 15.8 Å². The molecule has 0 heterocycles. The van der Waals surface area contributed by atoms with E-state index in [1.54, 1.807) is 0 Å². The highest BCUT2D eigenvalue weighted by Gasteiger charge is 2.16. The molecule has 0 saturated heterocycles. The van der Waals surface area contributed by atoms with Crippen LogP contribution in [0.2, 0.25) is 10.0 Å². The highest BCUT2D eigenvalue weighted by atomic mass is 35.5. The van der Waals surface area contributed by atoms with Crippen LogP contribution in [-0.4, -0.2) is 13.5 Å². The molecule has 8 heteroatoms. The van der Waals surface area contributed by atoms with E-state index in [1.807, 2.05) is 0 Å². The quantitative estimate of drug-likeness (QED) is 0.888. The second kappa shape index (κ2) is 6.19. The molecule has 0 aliphatic carbocycles. The smallest absolute Gasteiger partial charge is 0.261 e. The van der Waals surface area contributed by atoms with Crippen LogP contribution >= 0.6 is 23.2 Å². The molecular formula is C13H10Cl2FNO3S. The summed E-state index contributed by atoms with van der Waals surface area (Å²) in [6.07, 6.45) is 0. The standard InChI is InChI=1S/C13H10Cl2FNO3S/c14-11-4-2-9(5-13(11)16)17-21(19,20)10-3-1-8(7-18)12(15)6-10/h1-6,17-18H,7H2. The lowest BCUT2D eigenvalue weighted by molar-refractivity contribution is 0.282. The van der Waals surface area contributed by atoms with E-state index in [4.69, 9.17) is 28.3 Å². The first-order valence-corrected chi connectivity index (χ1v) is 7.94. The Kier molecular flexibility index (Phi) is 4.73. The van der Waals surface area contributed by atoms with Crippen molar-refractivity contribution in [3.05, 3.63) is 57.8 Å². The maximum atomic E-state index is 13.3. The largest absolute Gasteiger partial charge is 0.392 e. The third-order valence-electron chi connectivity index (χ3n) is 2.68. The fourth-order valence-electron chi connectivity index (χ4n) is 1.60. The zero-order chi connectivity index (χ0) is 15.6. The number of rotatable bonds is 4. The predicted molar refractivity (Wildman–Crippen MR) is 79.6 cm³/mol. The summed E-state index contributed by atoms with van der Waals surface area (Å²) in [5.74, 6) is -0.731. The van der Waals surface area contributed by atoms with Gasteiger partial charge >= 0.3 is 0 Å². The highest BCUT2D eigenvalue weighted by Crippen LogP contribution is 2.24. The van der Waals surface area contributed by atoms with E-state index in [0.717, 1.165) is 6.07 Å². The SMILES string of the molecule is O=S(=O)(Nc1ccc(Cl)c(F)c1)c1ccc(CO)c(Cl)c1. The molecular weight excluding hydrogens is 340 g/mol. The minimum Gasteiger partial charge on any atom is -0.392 e. The van der Waals surface area contributed by atoms with Gasteiger partial charge in [0.1, 0.15) is 5.82 Å². The summed E-state index contributed by atoms with van der Waals surface area (Å²) in [5.41, 5.74) is 0.451. The van der Waals surface area contributed by atoms with Gasteiger partial charge in [-0.25, -0.2) is 12.8 Å². The summed E-state index contributed by atoms with van der Waals surface area (Å²) in [6, 6.07) is 7.47. The zero-order valence-electron chi connectivity index (χ0n) is 10.5. The number of sulfonamides is 1. The van der Waals surface area contributed by atoms with Crippen LogP contribution in [0.5, 0.6) is 0 Å². The van der Waals surface area contributed by atoms with Gasteiger partial charge < -0.3 is 5.11 Å². The lowest BCUT2D eigenvalue weighted by Gasteiger charge is -2.10. The van der Waals surface area contributed by atoms with Gasteiger partial charge in [0, 0.05) is 5.02 Å². The summed E-state index contributed by atoms with van der Waals surface area (Å²) in [4.78, 5) is -0.0972. The van der Waals surface area contributed by atoms with Gasteiger partial charge in [-0.1, -0.05) is 29.3 Å². The van der Waals surface area contributed by atoms with Crippen molar-refractivity contribution in [1.82, 2.24) is 0 Å². The van der Waals surface area contributed by atoms with E-state index in [-0.39, 0.29) is 27.2 Å². The molecule has 21 heavy (non-hydrogen) atoms. The second-order valence-electron chi connectivity index (χ2n) is 4.15. The normalized spacial score (nSPS) is 11.4. The number of aliphatic hydroxyl groups excluding tert-OH is 1. The highest BCUT2D eigenvalue weighted by molar-refractivity contribution is 7.92. The fourth-order valence-corrected chi connectivity index (χ4v) is 3.09. The predicted octanol–water partition coefficient (Wildman–Crippen LogP) is 3.43. The molecule has 0 aromatic heterocycles. The molecule has 0 saturated carbocycles. The van der Waals surface area contributed by atoms with E-state index in [9.17, 15) is 12.8 Å². The molecule has 0 amide bonds. The van der Waals surface area contributed by atoms with Crippen molar-refractivity contribution in [2.24, 2.45) is 0 Å². The number of hydrogen-bond donors (Lipinski definition) is 2. The minimum absolute atomic E-state index is 0.0410. The summed E-state index contributed by atoms with van der Waals surface area (Å²) in [7, 11) is -3.92. The Morgan fingerprint density at radius 3 is 2.38 bits per heavy atom. The zero-order valence-corrected chi connectivity index (χ0v) is 12.8. The first kappa shape index (κ1) is 16.0. The van der Waals surface area contributed by atoms with E-state index in [1.165, 1.54) is 30.3 Å². The van der Waals surface area contributed by atoms with Crippen molar-refractivity contribution in [1.29, 1.82) is 0 Å². The van der Waals surface area contributed by atoms with Crippen LogP contribution in [0.15, 0.2) is 41.3 Å². The minimum atomic E-state index is -3.92. The molecule has 0 atom stereocenters.